The molecule has 3 aromatic rings. The highest BCUT2D eigenvalue weighted by Crippen LogP contribution is 2.45. The molecule has 2 aliphatic heterocycles. The van der Waals surface area contributed by atoms with Crippen molar-refractivity contribution < 1.29 is 4.74 Å². The summed E-state index contributed by atoms with van der Waals surface area (Å²) < 4.78 is 8.09. The maximum Gasteiger partial charge on any atom is 0.172 e. The number of hydrogen-bond donors (Lipinski definition) is 0. The van der Waals surface area contributed by atoms with Crippen molar-refractivity contribution >= 4 is 11.3 Å². The molecule has 3 aromatic heterocycles. The van der Waals surface area contributed by atoms with E-state index < -0.39 is 0 Å². The average Bonchev–Trinajstić information content (AvgIpc) is 3.33. The molecule has 2 atom stereocenters. The Morgan fingerprint density at radius 3 is 2.85 bits per heavy atom. The first kappa shape index (κ1) is 16.1. The molecule has 2 unspecified atom stereocenters. The van der Waals surface area contributed by atoms with Gasteiger partial charge >= 0.3 is 0 Å². The molecule has 2 aliphatic rings. The average molecular weight is 367 g/mol. The van der Waals surface area contributed by atoms with Crippen molar-refractivity contribution in [1.29, 1.82) is 0 Å². The SMILES string of the molecule is CC(C)(C)c1csc(-c2nn(-c3cnccn3)c3c2CC2CCC3O2)n1. The fourth-order valence-corrected chi connectivity index (χ4v) is 4.81. The van der Waals surface area contributed by atoms with E-state index in [1.807, 2.05) is 4.68 Å². The van der Waals surface area contributed by atoms with Gasteiger partial charge in [-0.15, -0.1) is 11.3 Å². The quantitative estimate of drug-likeness (QED) is 0.688. The van der Waals surface area contributed by atoms with Gasteiger partial charge < -0.3 is 4.74 Å². The molecule has 0 radical (unpaired) electrons. The van der Waals surface area contributed by atoms with Gasteiger partial charge in [0.25, 0.3) is 0 Å². The Bertz CT molecular complexity index is 956. The molecule has 1 saturated heterocycles. The number of nitrogens with zero attached hydrogens (tertiary/aromatic N) is 5. The van der Waals surface area contributed by atoms with Crippen LogP contribution in [-0.2, 0) is 16.6 Å². The fourth-order valence-electron chi connectivity index (χ4n) is 3.75. The highest BCUT2D eigenvalue weighted by molar-refractivity contribution is 7.13. The van der Waals surface area contributed by atoms with Gasteiger partial charge in [0.15, 0.2) is 5.82 Å². The number of thiazole rings is 1. The minimum Gasteiger partial charge on any atom is -0.368 e. The molecule has 0 aliphatic carbocycles. The smallest absolute Gasteiger partial charge is 0.172 e. The summed E-state index contributed by atoms with van der Waals surface area (Å²) in [6, 6.07) is 0. The minimum absolute atomic E-state index is 0.0322. The van der Waals surface area contributed by atoms with Crippen LogP contribution in [0.25, 0.3) is 16.5 Å². The maximum absolute atomic E-state index is 6.17. The monoisotopic (exact) mass is 367 g/mol. The molecule has 2 bridgehead atoms. The summed E-state index contributed by atoms with van der Waals surface area (Å²) in [6.45, 7) is 6.56. The Balaban J connectivity index is 1.69. The normalized spacial score (nSPS) is 21.8. The zero-order valence-electron chi connectivity index (χ0n) is 15.1. The lowest BCUT2D eigenvalue weighted by molar-refractivity contribution is 0.0287. The van der Waals surface area contributed by atoms with E-state index in [0.717, 1.165) is 47.2 Å². The van der Waals surface area contributed by atoms with E-state index >= 15 is 0 Å². The first-order chi connectivity index (χ1) is 12.5. The van der Waals surface area contributed by atoms with Crippen molar-refractivity contribution in [1.82, 2.24) is 24.7 Å². The van der Waals surface area contributed by atoms with Gasteiger partial charge in [0.2, 0.25) is 0 Å². The number of aromatic nitrogens is 5. The van der Waals surface area contributed by atoms with Gasteiger partial charge in [-0.1, -0.05) is 20.8 Å². The van der Waals surface area contributed by atoms with Crippen LogP contribution in [0.4, 0.5) is 0 Å². The molecular formula is C19H21N5OS. The fraction of sp³-hybridized carbons (Fsp3) is 0.474. The first-order valence-electron chi connectivity index (χ1n) is 9.01. The topological polar surface area (TPSA) is 65.7 Å². The predicted molar refractivity (Wildman–Crippen MR) is 99.5 cm³/mol. The summed E-state index contributed by atoms with van der Waals surface area (Å²) in [5.41, 5.74) is 4.51. The maximum atomic E-state index is 6.17. The third kappa shape index (κ3) is 2.49. The van der Waals surface area contributed by atoms with Crippen molar-refractivity contribution in [3.05, 3.63) is 40.9 Å². The number of ether oxygens (including phenoxy) is 1. The van der Waals surface area contributed by atoms with Crippen LogP contribution in [-0.4, -0.2) is 30.8 Å². The second kappa shape index (κ2) is 5.69. The molecule has 0 spiro atoms. The van der Waals surface area contributed by atoms with Crippen LogP contribution in [0.3, 0.4) is 0 Å². The van der Waals surface area contributed by atoms with Crippen LogP contribution in [0.5, 0.6) is 0 Å². The van der Waals surface area contributed by atoms with Crippen LogP contribution in [0.1, 0.15) is 56.7 Å². The molecule has 0 saturated carbocycles. The van der Waals surface area contributed by atoms with E-state index in [1.165, 1.54) is 5.56 Å². The summed E-state index contributed by atoms with van der Waals surface area (Å²) in [5, 5.41) is 8.06. The van der Waals surface area contributed by atoms with Gasteiger partial charge in [-0.3, -0.25) is 4.98 Å². The van der Waals surface area contributed by atoms with E-state index in [1.54, 1.807) is 29.9 Å². The second-order valence-electron chi connectivity index (χ2n) is 8.00. The van der Waals surface area contributed by atoms with Gasteiger partial charge in [-0.05, 0) is 12.8 Å². The van der Waals surface area contributed by atoms with Gasteiger partial charge in [0.05, 0.1) is 23.7 Å². The molecule has 5 heterocycles. The number of rotatable bonds is 2. The number of hydrogen-bond acceptors (Lipinski definition) is 6. The lowest BCUT2D eigenvalue weighted by atomic mass is 9.93. The second-order valence-corrected chi connectivity index (χ2v) is 8.86. The largest absolute Gasteiger partial charge is 0.368 e. The van der Waals surface area contributed by atoms with E-state index in [2.05, 4.69) is 36.1 Å². The molecule has 6 nitrogen and oxygen atoms in total. The van der Waals surface area contributed by atoms with Crippen LogP contribution in [0, 0.1) is 0 Å². The van der Waals surface area contributed by atoms with Crippen molar-refractivity contribution in [3.8, 4) is 16.5 Å². The van der Waals surface area contributed by atoms with Crippen LogP contribution >= 0.6 is 11.3 Å². The van der Waals surface area contributed by atoms with Crippen LogP contribution < -0.4 is 0 Å². The molecule has 5 rings (SSSR count). The molecule has 7 heteroatoms. The molecule has 26 heavy (non-hydrogen) atoms. The van der Waals surface area contributed by atoms with Crippen molar-refractivity contribution in [2.24, 2.45) is 0 Å². The Labute approximate surface area is 156 Å². The Hall–Kier alpha value is -2.12. The first-order valence-corrected chi connectivity index (χ1v) is 9.88. The highest BCUT2D eigenvalue weighted by atomic mass is 32.1. The zero-order valence-corrected chi connectivity index (χ0v) is 16.0. The van der Waals surface area contributed by atoms with Crippen molar-refractivity contribution in [2.45, 2.75) is 57.7 Å². The third-order valence-electron chi connectivity index (χ3n) is 5.11. The Morgan fingerprint density at radius 1 is 1.23 bits per heavy atom. The van der Waals surface area contributed by atoms with E-state index in [4.69, 9.17) is 14.8 Å². The number of fused-ring (bicyclic) bond motifs is 4. The van der Waals surface area contributed by atoms with Crippen LogP contribution in [0.15, 0.2) is 24.0 Å². The Morgan fingerprint density at radius 2 is 2.12 bits per heavy atom. The van der Waals surface area contributed by atoms with Gasteiger partial charge in [-0.2, -0.15) is 5.10 Å². The lowest BCUT2D eigenvalue weighted by Crippen LogP contribution is -2.19. The molecule has 134 valence electrons. The van der Waals surface area contributed by atoms with Gasteiger partial charge in [0.1, 0.15) is 16.8 Å². The summed E-state index contributed by atoms with van der Waals surface area (Å²) >= 11 is 1.67. The standard InChI is InChI=1S/C19H21N5OS/c1-19(2,3)14-10-26-18(22-14)16-12-8-11-4-5-13(25-11)17(12)24(23-16)15-9-20-6-7-21-15/h6-7,9-11,13H,4-5,8H2,1-3H3. The zero-order chi connectivity index (χ0) is 17.9. The summed E-state index contributed by atoms with van der Waals surface area (Å²) in [7, 11) is 0. The van der Waals surface area contributed by atoms with E-state index in [9.17, 15) is 0 Å². The summed E-state index contributed by atoms with van der Waals surface area (Å²) in [6.07, 6.45) is 8.55. The summed E-state index contributed by atoms with van der Waals surface area (Å²) in [5.74, 6) is 0.733. The molecule has 0 amide bonds. The van der Waals surface area contributed by atoms with Gasteiger partial charge in [0, 0.05) is 35.2 Å². The molecule has 1 fully saturated rings. The minimum atomic E-state index is 0.0322. The lowest BCUT2D eigenvalue weighted by Gasteiger charge is -2.22. The molecule has 0 N–H and O–H groups in total. The van der Waals surface area contributed by atoms with Crippen molar-refractivity contribution in [3.63, 3.8) is 0 Å². The Kier molecular flexibility index (Phi) is 3.52. The van der Waals surface area contributed by atoms with E-state index in [-0.39, 0.29) is 11.5 Å². The van der Waals surface area contributed by atoms with Crippen molar-refractivity contribution in [2.75, 3.05) is 0 Å². The predicted octanol–water partition coefficient (Wildman–Crippen LogP) is 3.86. The van der Waals surface area contributed by atoms with Gasteiger partial charge in [-0.25, -0.2) is 14.6 Å². The summed E-state index contributed by atoms with van der Waals surface area (Å²) in [4.78, 5) is 13.6. The third-order valence-corrected chi connectivity index (χ3v) is 5.96. The molecule has 0 aromatic carbocycles. The van der Waals surface area contributed by atoms with E-state index in [0.29, 0.717) is 6.10 Å². The van der Waals surface area contributed by atoms with Crippen LogP contribution in [0.2, 0.25) is 0 Å². The molecular weight excluding hydrogens is 346 g/mol. The highest BCUT2D eigenvalue weighted by Gasteiger charge is 2.40.